The van der Waals surface area contributed by atoms with E-state index in [0.29, 0.717) is 12.5 Å². The molecule has 3 aromatic rings. The lowest BCUT2D eigenvalue weighted by atomic mass is 9.84. The third kappa shape index (κ3) is 4.00. The van der Waals surface area contributed by atoms with Crippen molar-refractivity contribution < 1.29 is 4.79 Å². The first-order valence-corrected chi connectivity index (χ1v) is 10.6. The lowest BCUT2D eigenvalue weighted by Gasteiger charge is -2.22. The van der Waals surface area contributed by atoms with Gasteiger partial charge in [-0.2, -0.15) is 5.10 Å². The van der Waals surface area contributed by atoms with Gasteiger partial charge in [0.2, 0.25) is 5.91 Å². The number of rotatable bonds is 4. The van der Waals surface area contributed by atoms with Crippen molar-refractivity contribution in [1.29, 1.82) is 0 Å². The summed E-state index contributed by atoms with van der Waals surface area (Å²) in [6, 6.07) is 12.7. The summed E-state index contributed by atoms with van der Waals surface area (Å²) in [6.07, 6.45) is 6.63. The van der Waals surface area contributed by atoms with Crippen LogP contribution in [0.1, 0.15) is 56.2 Å². The number of nitrogens with one attached hydrogen (secondary N) is 1. The van der Waals surface area contributed by atoms with E-state index in [-0.39, 0.29) is 5.91 Å². The van der Waals surface area contributed by atoms with Crippen LogP contribution in [0.5, 0.6) is 0 Å². The highest BCUT2D eigenvalue weighted by Crippen LogP contribution is 2.34. The molecule has 0 aliphatic heterocycles. The predicted octanol–water partition coefficient (Wildman–Crippen LogP) is 4.68. The maximum absolute atomic E-state index is 11.4. The fourth-order valence-electron chi connectivity index (χ4n) is 3.90. The third-order valence-electron chi connectivity index (χ3n) is 5.30. The van der Waals surface area contributed by atoms with Gasteiger partial charge < -0.3 is 5.32 Å². The number of amides is 1. The normalized spacial score (nSPS) is 15.2. The predicted molar refractivity (Wildman–Crippen MR) is 114 cm³/mol. The summed E-state index contributed by atoms with van der Waals surface area (Å²) in [5.74, 6) is 0.630. The van der Waals surface area contributed by atoms with Crippen LogP contribution in [0.3, 0.4) is 0 Å². The van der Waals surface area contributed by atoms with Crippen molar-refractivity contribution in [2.24, 2.45) is 0 Å². The number of nitrogens with zero attached hydrogens (tertiary/aromatic N) is 3. The van der Waals surface area contributed by atoms with E-state index < -0.39 is 0 Å². The van der Waals surface area contributed by atoms with Gasteiger partial charge in [0.15, 0.2) is 5.65 Å². The van der Waals surface area contributed by atoms with Crippen molar-refractivity contribution in [1.82, 2.24) is 19.9 Å². The Morgan fingerprint density at radius 1 is 1.15 bits per heavy atom. The summed E-state index contributed by atoms with van der Waals surface area (Å²) in [4.78, 5) is 16.2. The van der Waals surface area contributed by atoms with E-state index >= 15 is 0 Å². The van der Waals surface area contributed by atoms with E-state index in [1.807, 2.05) is 16.6 Å². The van der Waals surface area contributed by atoms with Gasteiger partial charge >= 0.3 is 0 Å². The van der Waals surface area contributed by atoms with Gasteiger partial charge in [-0.3, -0.25) is 4.79 Å². The molecular formula is C21H23IN4O. The molecule has 140 valence electrons. The lowest BCUT2D eigenvalue weighted by Crippen LogP contribution is -2.20. The molecule has 27 heavy (non-hydrogen) atoms. The maximum Gasteiger partial charge on any atom is 0.217 e. The number of aromatic nitrogens is 3. The molecular weight excluding hydrogens is 451 g/mol. The highest BCUT2D eigenvalue weighted by atomic mass is 127. The Morgan fingerprint density at radius 3 is 2.59 bits per heavy atom. The molecule has 1 aromatic carbocycles. The molecule has 1 fully saturated rings. The number of fused-ring (bicyclic) bond motifs is 1. The van der Waals surface area contributed by atoms with Crippen LogP contribution in [-0.4, -0.2) is 20.5 Å². The monoisotopic (exact) mass is 474 g/mol. The number of carbonyl (C=O) groups excluding carboxylic acids is 1. The third-order valence-corrected chi connectivity index (χ3v) is 5.88. The van der Waals surface area contributed by atoms with E-state index in [4.69, 9.17) is 4.98 Å². The van der Waals surface area contributed by atoms with E-state index in [9.17, 15) is 4.79 Å². The summed E-state index contributed by atoms with van der Waals surface area (Å²) < 4.78 is 2.73. The smallest absolute Gasteiger partial charge is 0.217 e. The molecule has 1 aliphatic rings. The molecule has 1 N–H and O–H groups in total. The first-order valence-electron chi connectivity index (χ1n) is 9.51. The van der Waals surface area contributed by atoms with Crippen molar-refractivity contribution in [3.05, 3.63) is 51.4 Å². The average molecular weight is 474 g/mol. The Kier molecular flexibility index (Phi) is 5.43. The zero-order valence-corrected chi connectivity index (χ0v) is 17.6. The maximum atomic E-state index is 11.4. The van der Waals surface area contributed by atoms with Gasteiger partial charge in [-0.15, -0.1) is 0 Å². The van der Waals surface area contributed by atoms with Gasteiger partial charge in [-0.1, -0.05) is 43.5 Å². The second-order valence-corrected chi connectivity index (χ2v) is 8.31. The molecule has 6 heteroatoms. The van der Waals surface area contributed by atoms with Crippen molar-refractivity contribution in [2.45, 2.75) is 51.5 Å². The quantitative estimate of drug-likeness (QED) is 0.559. The number of carbonyl (C=O) groups is 1. The summed E-state index contributed by atoms with van der Waals surface area (Å²) in [7, 11) is 0. The fraction of sp³-hybridized carbons (Fsp3) is 0.381. The standard InChI is InChI=1S/C21H23IN4O/c1-14(27)23-13-18-21(24-20-12-11-19(22)25-26(18)20)17-9-7-16(8-10-17)15-5-3-2-4-6-15/h7-12,15H,2-6,13H2,1H3,(H,23,27). The van der Waals surface area contributed by atoms with E-state index in [1.165, 1.54) is 44.6 Å². The number of hydrogen-bond acceptors (Lipinski definition) is 3. The Bertz CT molecular complexity index is 958. The number of imidazole rings is 1. The summed E-state index contributed by atoms with van der Waals surface area (Å²) in [6.45, 7) is 1.93. The van der Waals surface area contributed by atoms with Crippen LogP contribution in [0.15, 0.2) is 36.4 Å². The van der Waals surface area contributed by atoms with Crippen molar-refractivity contribution in [2.75, 3.05) is 0 Å². The first kappa shape index (κ1) is 18.4. The highest BCUT2D eigenvalue weighted by molar-refractivity contribution is 14.1. The van der Waals surface area contributed by atoms with Crippen LogP contribution in [0.25, 0.3) is 16.9 Å². The number of hydrogen-bond donors (Lipinski definition) is 1. The molecule has 1 amide bonds. The van der Waals surface area contributed by atoms with Gasteiger partial charge in [-0.05, 0) is 59.0 Å². The highest BCUT2D eigenvalue weighted by Gasteiger charge is 2.18. The number of benzene rings is 1. The van der Waals surface area contributed by atoms with Crippen LogP contribution < -0.4 is 5.32 Å². The van der Waals surface area contributed by atoms with Crippen LogP contribution >= 0.6 is 22.6 Å². The van der Waals surface area contributed by atoms with Gasteiger partial charge in [0.05, 0.1) is 17.9 Å². The molecule has 0 bridgehead atoms. The molecule has 0 spiro atoms. The molecule has 2 heterocycles. The fourth-order valence-corrected chi connectivity index (χ4v) is 4.30. The van der Waals surface area contributed by atoms with Crippen molar-refractivity contribution >= 4 is 34.1 Å². The van der Waals surface area contributed by atoms with Gasteiger partial charge in [-0.25, -0.2) is 9.50 Å². The van der Waals surface area contributed by atoms with Crippen LogP contribution in [-0.2, 0) is 11.3 Å². The van der Waals surface area contributed by atoms with Crippen LogP contribution in [0, 0.1) is 3.70 Å². The number of halogens is 1. The van der Waals surface area contributed by atoms with Gasteiger partial charge in [0, 0.05) is 12.5 Å². The van der Waals surface area contributed by atoms with Crippen LogP contribution in [0.4, 0.5) is 0 Å². The molecule has 0 saturated heterocycles. The van der Waals surface area contributed by atoms with E-state index in [2.05, 4.69) is 57.3 Å². The van der Waals surface area contributed by atoms with Gasteiger partial charge in [0.1, 0.15) is 3.70 Å². The molecule has 2 aromatic heterocycles. The second-order valence-electron chi connectivity index (χ2n) is 7.20. The topological polar surface area (TPSA) is 59.3 Å². The molecule has 1 aliphatic carbocycles. The van der Waals surface area contributed by atoms with Crippen LogP contribution in [0.2, 0.25) is 0 Å². The van der Waals surface area contributed by atoms with E-state index in [1.54, 1.807) is 0 Å². The molecule has 0 unspecified atom stereocenters. The van der Waals surface area contributed by atoms with Gasteiger partial charge in [0.25, 0.3) is 0 Å². The Labute approximate surface area is 172 Å². The first-order chi connectivity index (χ1) is 13.1. The minimum atomic E-state index is -0.0609. The zero-order valence-electron chi connectivity index (χ0n) is 15.4. The summed E-state index contributed by atoms with van der Waals surface area (Å²) >= 11 is 2.19. The molecule has 5 nitrogen and oxygen atoms in total. The van der Waals surface area contributed by atoms with Crippen molar-refractivity contribution in [3.63, 3.8) is 0 Å². The SMILES string of the molecule is CC(=O)NCc1c(-c2ccc(C3CCCCC3)cc2)nc2ccc(I)nn12. The summed E-state index contributed by atoms with van der Waals surface area (Å²) in [5, 5.41) is 7.47. The zero-order chi connectivity index (χ0) is 18.8. The Balaban J connectivity index is 1.71. The molecule has 0 radical (unpaired) electrons. The average Bonchev–Trinajstić information content (AvgIpc) is 3.05. The van der Waals surface area contributed by atoms with E-state index in [0.717, 1.165) is 26.3 Å². The summed E-state index contributed by atoms with van der Waals surface area (Å²) in [5.41, 5.74) is 5.08. The largest absolute Gasteiger partial charge is 0.351 e. The second kappa shape index (κ2) is 7.96. The Hall–Kier alpha value is -1.96. The molecule has 0 atom stereocenters. The Morgan fingerprint density at radius 2 is 1.89 bits per heavy atom. The molecule has 1 saturated carbocycles. The molecule has 4 rings (SSSR count). The minimum Gasteiger partial charge on any atom is -0.351 e. The lowest BCUT2D eigenvalue weighted by molar-refractivity contribution is -0.119. The van der Waals surface area contributed by atoms with Crippen molar-refractivity contribution in [3.8, 4) is 11.3 Å². The minimum absolute atomic E-state index is 0.0609.